The molecule has 1 aliphatic carbocycles. The zero-order chi connectivity index (χ0) is 41.2. The van der Waals surface area contributed by atoms with Gasteiger partial charge in [-0.3, -0.25) is 9.47 Å². The van der Waals surface area contributed by atoms with Crippen molar-refractivity contribution in [3.8, 4) is 0 Å². The maximum Gasteiger partial charge on any atom is 0.207 e. The van der Waals surface area contributed by atoms with Gasteiger partial charge >= 0.3 is 0 Å². The predicted molar refractivity (Wildman–Crippen MR) is 237 cm³/mol. The van der Waals surface area contributed by atoms with Gasteiger partial charge < -0.3 is 23.6 Å². The minimum absolute atomic E-state index is 0.0188. The van der Waals surface area contributed by atoms with Gasteiger partial charge in [-0.1, -0.05) is 121 Å². The van der Waals surface area contributed by atoms with Crippen LogP contribution in [0.2, 0.25) is 36.3 Å². The molecule has 1 saturated carbocycles. The topological polar surface area (TPSA) is 95.8 Å². The Morgan fingerprint density at radius 3 is 1.93 bits per heavy atom. The van der Waals surface area contributed by atoms with Crippen molar-refractivity contribution < 1.29 is 18.3 Å². The van der Waals surface area contributed by atoms with Crippen LogP contribution in [0.1, 0.15) is 103 Å². The molecule has 4 atom stereocenters. The first-order chi connectivity index (χ1) is 26.9. The van der Waals surface area contributed by atoms with Crippen molar-refractivity contribution in [1.82, 2.24) is 24.4 Å². The minimum Gasteiger partial charge on any atom is -0.408 e. The molecular formula is C45H70N6O4Si2. The first kappa shape index (κ1) is 43.6. The third-order valence-corrected chi connectivity index (χ3v) is 22.2. The van der Waals surface area contributed by atoms with Crippen molar-refractivity contribution in [3.05, 3.63) is 83.8 Å². The highest BCUT2D eigenvalue weighted by Crippen LogP contribution is 2.47. The Labute approximate surface area is 344 Å². The van der Waals surface area contributed by atoms with Gasteiger partial charge in [0, 0.05) is 25.6 Å². The summed E-state index contributed by atoms with van der Waals surface area (Å²) in [6, 6.07) is 21.9. The maximum absolute atomic E-state index is 7.52. The van der Waals surface area contributed by atoms with Crippen LogP contribution in [0.15, 0.2) is 66.9 Å². The van der Waals surface area contributed by atoms with Crippen LogP contribution < -0.4 is 5.32 Å². The van der Waals surface area contributed by atoms with Gasteiger partial charge in [0.25, 0.3) is 0 Å². The fourth-order valence-electron chi connectivity index (χ4n) is 7.75. The summed E-state index contributed by atoms with van der Waals surface area (Å²) in [6.45, 7) is 24.6. The number of rotatable bonds is 15. The molecule has 2 aliphatic rings. The number of nitrogens with one attached hydrogen (secondary N) is 1. The van der Waals surface area contributed by atoms with Crippen molar-refractivity contribution in [3.63, 3.8) is 0 Å². The summed E-state index contributed by atoms with van der Waals surface area (Å²) in [6.07, 6.45) is 6.42. The Balaban J connectivity index is 1.48. The fraction of sp³-hybridized carbons (Fsp3) is 0.622. The number of benzene rings is 2. The van der Waals surface area contributed by atoms with Crippen LogP contribution in [0.4, 0.5) is 5.95 Å². The van der Waals surface area contributed by atoms with Gasteiger partial charge in [0.2, 0.25) is 5.95 Å². The Bertz CT molecular complexity index is 1850. The number of hydrogen-bond acceptors (Lipinski definition) is 9. The van der Waals surface area contributed by atoms with E-state index < -0.39 is 29.0 Å². The van der Waals surface area contributed by atoms with Crippen molar-refractivity contribution in [1.29, 1.82) is 0 Å². The largest absolute Gasteiger partial charge is 0.408 e. The van der Waals surface area contributed by atoms with E-state index in [0.29, 0.717) is 37.2 Å². The summed E-state index contributed by atoms with van der Waals surface area (Å²) < 4.78 is 30.1. The van der Waals surface area contributed by atoms with Crippen molar-refractivity contribution in [2.24, 2.45) is 0 Å². The molecule has 0 amide bonds. The lowest BCUT2D eigenvalue weighted by atomic mass is 9.91. The summed E-state index contributed by atoms with van der Waals surface area (Å²) in [5, 5.41) is 3.76. The molecule has 0 spiro atoms. The minimum atomic E-state index is -2.38. The van der Waals surface area contributed by atoms with E-state index in [0.717, 1.165) is 11.5 Å². The Morgan fingerprint density at radius 1 is 0.825 bits per heavy atom. The number of hydrogen-bond donors (Lipinski definition) is 1. The van der Waals surface area contributed by atoms with E-state index in [2.05, 4.69) is 150 Å². The average molecular weight is 815 g/mol. The predicted octanol–water partition coefficient (Wildman–Crippen LogP) is 10.2. The second-order valence-electron chi connectivity index (χ2n) is 19.5. The van der Waals surface area contributed by atoms with Crippen LogP contribution >= 0.6 is 0 Å². The molecule has 312 valence electrons. The van der Waals surface area contributed by atoms with Crippen LogP contribution in [0.3, 0.4) is 0 Å². The number of methoxy groups -OCH3 is 1. The summed E-state index contributed by atoms with van der Waals surface area (Å²) in [4.78, 5) is 17.9. The SMILES string of the molecule is COC[C@H]1O[C@@H](n2c(NCC(c3ccccc3)c3ccccc3)nc3cnc(CN(C)C4CCCCC4)nc32)[C@H](O[Si](C)(C)C(C)(C)C)[C@@H]1O[Si](C)(C)C(C)(C)C. The number of anilines is 1. The van der Waals surface area contributed by atoms with E-state index in [1.165, 1.54) is 43.2 Å². The normalized spacial score (nSPS) is 21.6. The lowest BCUT2D eigenvalue weighted by molar-refractivity contribution is -0.0553. The maximum atomic E-state index is 7.52. The fourth-order valence-corrected chi connectivity index (χ4v) is 10.4. The Kier molecular flexibility index (Phi) is 13.5. The van der Waals surface area contributed by atoms with Crippen LogP contribution in [0, 0.1) is 0 Å². The van der Waals surface area contributed by atoms with Gasteiger partial charge in [-0.15, -0.1) is 0 Å². The van der Waals surface area contributed by atoms with Gasteiger partial charge in [0.1, 0.15) is 29.7 Å². The Hall–Kier alpha value is -2.98. The van der Waals surface area contributed by atoms with Crippen LogP contribution in [0.25, 0.3) is 11.2 Å². The molecule has 4 aromatic rings. The van der Waals surface area contributed by atoms with Gasteiger partial charge in [0.05, 0.1) is 19.3 Å². The smallest absolute Gasteiger partial charge is 0.207 e. The molecule has 0 bridgehead atoms. The van der Waals surface area contributed by atoms with Crippen molar-refractivity contribution in [2.75, 3.05) is 32.6 Å². The molecule has 2 aromatic carbocycles. The molecule has 10 nitrogen and oxygen atoms in total. The highest BCUT2D eigenvalue weighted by Gasteiger charge is 2.55. The average Bonchev–Trinajstić information content (AvgIpc) is 3.67. The van der Waals surface area contributed by atoms with Gasteiger partial charge in [-0.2, -0.15) is 0 Å². The van der Waals surface area contributed by atoms with Gasteiger partial charge in [0.15, 0.2) is 28.5 Å². The number of nitrogens with zero attached hydrogens (tertiary/aromatic N) is 5. The van der Waals surface area contributed by atoms with E-state index in [1.54, 1.807) is 7.11 Å². The Morgan fingerprint density at radius 2 is 1.39 bits per heavy atom. The number of ether oxygens (including phenoxy) is 2. The van der Waals surface area contributed by atoms with E-state index in [4.69, 9.17) is 33.3 Å². The summed E-state index contributed by atoms with van der Waals surface area (Å²) >= 11 is 0. The molecule has 57 heavy (non-hydrogen) atoms. The lowest BCUT2D eigenvalue weighted by Gasteiger charge is -2.44. The molecule has 1 saturated heterocycles. The highest BCUT2D eigenvalue weighted by atomic mass is 28.4. The summed E-state index contributed by atoms with van der Waals surface area (Å²) in [7, 11) is -0.741. The highest BCUT2D eigenvalue weighted by molar-refractivity contribution is 6.74. The van der Waals surface area contributed by atoms with E-state index in [-0.39, 0.29) is 28.2 Å². The van der Waals surface area contributed by atoms with Gasteiger partial charge in [-0.25, -0.2) is 15.0 Å². The van der Waals surface area contributed by atoms with Crippen LogP contribution in [-0.2, 0) is 24.9 Å². The first-order valence-corrected chi connectivity index (χ1v) is 27.0. The lowest BCUT2D eigenvalue weighted by Crippen LogP contribution is -2.54. The van der Waals surface area contributed by atoms with E-state index in [9.17, 15) is 0 Å². The molecular weight excluding hydrogens is 745 g/mol. The number of fused-ring (bicyclic) bond motifs is 1. The molecule has 3 heterocycles. The molecule has 2 aromatic heterocycles. The molecule has 0 unspecified atom stereocenters. The monoisotopic (exact) mass is 814 g/mol. The molecule has 1 aliphatic heterocycles. The van der Waals surface area contributed by atoms with E-state index in [1.807, 2.05) is 6.20 Å². The second-order valence-corrected chi connectivity index (χ2v) is 29.0. The molecule has 1 N–H and O–H groups in total. The number of imidazole rings is 1. The molecule has 2 fully saturated rings. The third kappa shape index (κ3) is 9.91. The number of aromatic nitrogens is 4. The zero-order valence-electron chi connectivity index (χ0n) is 36.8. The molecule has 6 rings (SSSR count). The molecule has 12 heteroatoms. The van der Waals surface area contributed by atoms with Crippen molar-refractivity contribution >= 4 is 33.7 Å². The van der Waals surface area contributed by atoms with Crippen LogP contribution in [0.5, 0.6) is 0 Å². The van der Waals surface area contributed by atoms with E-state index >= 15 is 0 Å². The first-order valence-electron chi connectivity index (χ1n) is 21.2. The summed E-state index contributed by atoms with van der Waals surface area (Å²) in [5.41, 5.74) is 3.90. The second kappa shape index (κ2) is 17.7. The van der Waals surface area contributed by atoms with Crippen molar-refractivity contribution in [2.45, 2.75) is 153 Å². The quantitative estimate of drug-likeness (QED) is 0.118. The van der Waals surface area contributed by atoms with Gasteiger partial charge in [-0.05, 0) is 67.3 Å². The van der Waals surface area contributed by atoms with Crippen LogP contribution in [-0.4, -0.2) is 92.7 Å². The zero-order valence-corrected chi connectivity index (χ0v) is 38.8. The summed E-state index contributed by atoms with van der Waals surface area (Å²) in [5.74, 6) is 1.52. The third-order valence-electron chi connectivity index (χ3n) is 13.3. The molecule has 0 radical (unpaired) electrons. The standard InChI is InChI=1S/C45H70N6O4Si2/c1-44(2,3)56(9,10)54-39-37(31-52-8)53-42(40(39)55-57(11,12)45(4,5)6)51-41-36(29-46-38(49-41)30-50(7)34-26-20-15-21-27-34)48-43(51)47-28-35(32-22-16-13-17-23-32)33-24-18-14-19-25-33/h13-14,16-19,22-25,29,34-35,37,39-40,42H,15,20-21,26-28,30-31H2,1-12H3,(H,47,48)/t37-,39-,40-,42-/m1/s1.